The van der Waals surface area contributed by atoms with Gasteiger partial charge in [0.25, 0.3) is 5.91 Å². The molecular formula is C23H20N4O3. The number of carbonyl (C=O) groups excluding carboxylic acids is 2. The fraction of sp³-hybridized carbons (Fsp3) is 0.0870. The van der Waals surface area contributed by atoms with Gasteiger partial charge in [-0.2, -0.15) is 0 Å². The third kappa shape index (κ3) is 4.15. The maximum absolute atomic E-state index is 12.8. The van der Waals surface area contributed by atoms with Crippen molar-refractivity contribution in [1.82, 2.24) is 10.5 Å². The topological polar surface area (TPSA) is 96.3 Å². The molecule has 0 saturated heterocycles. The van der Waals surface area contributed by atoms with Crippen LogP contribution in [-0.2, 0) is 0 Å². The second kappa shape index (κ2) is 8.48. The molecule has 7 heteroatoms. The number of hydrogen-bond acceptors (Lipinski definition) is 4. The molecule has 7 nitrogen and oxygen atoms in total. The molecule has 0 bridgehead atoms. The highest BCUT2D eigenvalue weighted by atomic mass is 16.5. The number of aromatic nitrogens is 1. The molecule has 4 rings (SSSR count). The fourth-order valence-electron chi connectivity index (χ4n) is 3.09. The first-order valence-electron chi connectivity index (χ1n) is 9.55. The SMILES string of the molecule is CCNC(=O)Nc1cccc(NC(=O)c2ccc3noc(-c4ccccc4)c3c2)c1. The summed E-state index contributed by atoms with van der Waals surface area (Å²) >= 11 is 0. The van der Waals surface area contributed by atoms with Crippen LogP contribution in [0.3, 0.4) is 0 Å². The second-order valence-corrected chi connectivity index (χ2v) is 6.63. The predicted octanol–water partition coefficient (Wildman–Crippen LogP) is 4.89. The average Bonchev–Trinajstić information content (AvgIpc) is 3.18. The van der Waals surface area contributed by atoms with Gasteiger partial charge in [0.1, 0.15) is 5.52 Å². The lowest BCUT2D eigenvalue weighted by Crippen LogP contribution is -2.28. The zero-order chi connectivity index (χ0) is 20.9. The number of benzene rings is 3. The summed E-state index contributed by atoms with van der Waals surface area (Å²) in [6.45, 7) is 2.37. The molecule has 0 saturated carbocycles. The van der Waals surface area contributed by atoms with Crippen LogP contribution in [0.1, 0.15) is 17.3 Å². The van der Waals surface area contributed by atoms with Crippen molar-refractivity contribution in [3.05, 3.63) is 78.4 Å². The van der Waals surface area contributed by atoms with Crippen molar-refractivity contribution in [2.45, 2.75) is 6.92 Å². The minimum absolute atomic E-state index is 0.271. The van der Waals surface area contributed by atoms with Crippen molar-refractivity contribution in [3.8, 4) is 11.3 Å². The monoisotopic (exact) mass is 400 g/mol. The van der Waals surface area contributed by atoms with Gasteiger partial charge in [-0.25, -0.2) is 4.79 Å². The molecule has 0 aliphatic rings. The van der Waals surface area contributed by atoms with E-state index >= 15 is 0 Å². The van der Waals surface area contributed by atoms with E-state index in [1.165, 1.54) is 0 Å². The summed E-state index contributed by atoms with van der Waals surface area (Å²) in [5.41, 5.74) is 3.20. The van der Waals surface area contributed by atoms with Gasteiger partial charge in [0.2, 0.25) is 0 Å². The summed E-state index contributed by atoms with van der Waals surface area (Å²) in [7, 11) is 0. The number of amides is 3. The quantitative estimate of drug-likeness (QED) is 0.444. The molecule has 1 heterocycles. The van der Waals surface area contributed by atoms with Gasteiger partial charge in [-0.1, -0.05) is 41.6 Å². The number of nitrogens with zero attached hydrogens (tertiary/aromatic N) is 1. The van der Waals surface area contributed by atoms with E-state index in [1.54, 1.807) is 42.5 Å². The van der Waals surface area contributed by atoms with Gasteiger partial charge in [-0.05, 0) is 43.3 Å². The molecule has 0 atom stereocenters. The zero-order valence-corrected chi connectivity index (χ0v) is 16.3. The molecule has 1 aromatic heterocycles. The lowest BCUT2D eigenvalue weighted by Gasteiger charge is -2.09. The summed E-state index contributed by atoms with van der Waals surface area (Å²) in [5.74, 6) is 0.348. The Morgan fingerprint density at radius 2 is 1.67 bits per heavy atom. The molecule has 0 aliphatic heterocycles. The first kappa shape index (κ1) is 19.2. The third-order valence-corrected chi connectivity index (χ3v) is 4.49. The van der Waals surface area contributed by atoms with Crippen LogP contribution in [0.4, 0.5) is 16.2 Å². The zero-order valence-electron chi connectivity index (χ0n) is 16.3. The van der Waals surface area contributed by atoms with Crippen LogP contribution in [0.5, 0.6) is 0 Å². The fourth-order valence-corrected chi connectivity index (χ4v) is 3.09. The van der Waals surface area contributed by atoms with Gasteiger partial charge in [0, 0.05) is 29.0 Å². The van der Waals surface area contributed by atoms with Crippen LogP contribution in [0.2, 0.25) is 0 Å². The number of nitrogens with one attached hydrogen (secondary N) is 3. The standard InChI is InChI=1S/C23H20N4O3/c1-2-24-23(29)26-18-10-6-9-17(14-18)25-22(28)16-11-12-20-19(13-16)21(30-27-20)15-7-4-3-5-8-15/h3-14H,2H2,1H3,(H,25,28)(H2,24,26,29). The number of urea groups is 1. The van der Waals surface area contributed by atoms with Crippen molar-refractivity contribution in [2.75, 3.05) is 17.2 Å². The van der Waals surface area contributed by atoms with Crippen LogP contribution >= 0.6 is 0 Å². The Morgan fingerprint density at radius 3 is 2.43 bits per heavy atom. The van der Waals surface area contributed by atoms with Gasteiger partial charge in [0.15, 0.2) is 5.76 Å². The molecule has 3 aromatic carbocycles. The molecule has 0 radical (unpaired) electrons. The lowest BCUT2D eigenvalue weighted by atomic mass is 10.1. The molecule has 0 unspecified atom stereocenters. The maximum atomic E-state index is 12.8. The van der Waals surface area contributed by atoms with Crippen LogP contribution < -0.4 is 16.0 Å². The van der Waals surface area contributed by atoms with Crippen LogP contribution in [0, 0.1) is 0 Å². The Kier molecular flexibility index (Phi) is 5.43. The Balaban J connectivity index is 1.56. The molecule has 0 fully saturated rings. The smallest absolute Gasteiger partial charge is 0.319 e. The molecule has 3 N–H and O–H groups in total. The highest BCUT2D eigenvalue weighted by Crippen LogP contribution is 2.29. The first-order valence-corrected chi connectivity index (χ1v) is 9.55. The first-order chi connectivity index (χ1) is 14.6. The normalized spacial score (nSPS) is 10.6. The van der Waals surface area contributed by atoms with Crippen molar-refractivity contribution in [1.29, 1.82) is 0 Å². The summed E-state index contributed by atoms with van der Waals surface area (Å²) in [6, 6.07) is 21.5. The summed E-state index contributed by atoms with van der Waals surface area (Å²) < 4.78 is 5.50. The number of rotatable bonds is 5. The van der Waals surface area contributed by atoms with Gasteiger partial charge in [-0.15, -0.1) is 0 Å². The van der Waals surface area contributed by atoms with E-state index in [2.05, 4.69) is 21.1 Å². The number of hydrogen-bond donors (Lipinski definition) is 3. The van der Waals surface area contributed by atoms with Crippen molar-refractivity contribution in [2.24, 2.45) is 0 Å². The van der Waals surface area contributed by atoms with Gasteiger partial charge in [-0.3, -0.25) is 4.79 Å². The average molecular weight is 400 g/mol. The van der Waals surface area contributed by atoms with Crippen LogP contribution in [0.15, 0.2) is 77.3 Å². The van der Waals surface area contributed by atoms with E-state index in [-0.39, 0.29) is 11.9 Å². The Bertz CT molecular complexity index is 1200. The Hall–Kier alpha value is -4.13. The molecule has 0 spiro atoms. The van der Waals surface area contributed by atoms with Gasteiger partial charge in [0.05, 0.1) is 5.39 Å². The third-order valence-electron chi connectivity index (χ3n) is 4.49. The maximum Gasteiger partial charge on any atom is 0.319 e. The largest absolute Gasteiger partial charge is 0.355 e. The van der Waals surface area contributed by atoms with E-state index in [0.29, 0.717) is 34.8 Å². The minimum Gasteiger partial charge on any atom is -0.355 e. The number of anilines is 2. The highest BCUT2D eigenvalue weighted by molar-refractivity contribution is 6.07. The number of carbonyl (C=O) groups is 2. The lowest BCUT2D eigenvalue weighted by molar-refractivity contribution is 0.102. The Labute approximate surface area is 173 Å². The van der Waals surface area contributed by atoms with Crippen molar-refractivity contribution in [3.63, 3.8) is 0 Å². The highest BCUT2D eigenvalue weighted by Gasteiger charge is 2.14. The molecule has 150 valence electrons. The number of fused-ring (bicyclic) bond motifs is 1. The van der Waals surface area contributed by atoms with Crippen LogP contribution in [0.25, 0.3) is 22.2 Å². The van der Waals surface area contributed by atoms with Crippen LogP contribution in [-0.4, -0.2) is 23.6 Å². The molecular weight excluding hydrogens is 380 g/mol. The van der Waals surface area contributed by atoms with Crippen molar-refractivity contribution < 1.29 is 14.1 Å². The van der Waals surface area contributed by atoms with E-state index in [0.717, 1.165) is 10.9 Å². The van der Waals surface area contributed by atoms with E-state index in [4.69, 9.17) is 4.52 Å². The summed E-state index contributed by atoms with van der Waals surface area (Å²) in [5, 5.41) is 13.1. The van der Waals surface area contributed by atoms with Gasteiger partial charge >= 0.3 is 6.03 Å². The molecule has 30 heavy (non-hydrogen) atoms. The molecule has 3 amide bonds. The van der Waals surface area contributed by atoms with E-state index < -0.39 is 0 Å². The summed E-state index contributed by atoms with van der Waals surface area (Å²) in [6.07, 6.45) is 0. The minimum atomic E-state index is -0.299. The predicted molar refractivity (Wildman–Crippen MR) is 117 cm³/mol. The van der Waals surface area contributed by atoms with E-state index in [9.17, 15) is 9.59 Å². The molecule has 4 aromatic rings. The second-order valence-electron chi connectivity index (χ2n) is 6.63. The molecule has 0 aliphatic carbocycles. The Morgan fingerprint density at radius 1 is 0.900 bits per heavy atom. The van der Waals surface area contributed by atoms with Gasteiger partial charge < -0.3 is 20.5 Å². The van der Waals surface area contributed by atoms with Crippen molar-refractivity contribution >= 4 is 34.2 Å². The van der Waals surface area contributed by atoms with E-state index in [1.807, 2.05) is 37.3 Å². The summed E-state index contributed by atoms with van der Waals surface area (Å²) in [4.78, 5) is 24.5.